The summed E-state index contributed by atoms with van der Waals surface area (Å²) in [6.07, 6.45) is 6.94. The van der Waals surface area contributed by atoms with E-state index in [1.54, 1.807) is 0 Å². The van der Waals surface area contributed by atoms with Gasteiger partial charge in [0.05, 0.1) is 13.2 Å². The lowest BCUT2D eigenvalue weighted by Crippen LogP contribution is -2.45. The van der Waals surface area contributed by atoms with Crippen LogP contribution >= 0.6 is 0 Å². The van der Waals surface area contributed by atoms with Gasteiger partial charge >= 0.3 is 0 Å². The van der Waals surface area contributed by atoms with Crippen molar-refractivity contribution in [2.24, 2.45) is 5.92 Å². The Morgan fingerprint density at radius 1 is 1.20 bits per heavy atom. The second kappa shape index (κ2) is 9.35. The maximum absolute atomic E-state index is 12.4. The predicted octanol–water partition coefficient (Wildman–Crippen LogP) is 2.12. The van der Waals surface area contributed by atoms with Gasteiger partial charge in [-0.25, -0.2) is 0 Å². The van der Waals surface area contributed by atoms with Crippen LogP contribution in [0.25, 0.3) is 0 Å². The number of aliphatic hydroxyl groups excluding tert-OH is 1. The highest BCUT2D eigenvalue weighted by Crippen LogP contribution is 2.26. The summed E-state index contributed by atoms with van der Waals surface area (Å²) in [7, 11) is 1.94. The molecule has 0 atom stereocenters. The van der Waals surface area contributed by atoms with Crippen LogP contribution in [0.3, 0.4) is 0 Å². The Hall–Kier alpha value is -0.610. The molecule has 1 aliphatic carbocycles. The van der Waals surface area contributed by atoms with Crippen molar-refractivity contribution < 1.29 is 9.90 Å². The number of unbranched alkanes of at least 4 members (excludes halogenated alkanes) is 1. The summed E-state index contributed by atoms with van der Waals surface area (Å²) >= 11 is 0. The number of aliphatic hydroxyl groups is 1. The topological polar surface area (TPSA) is 43.8 Å². The number of hydrogen-bond donors (Lipinski definition) is 1. The summed E-state index contributed by atoms with van der Waals surface area (Å²) in [5.74, 6) is 1.01. The molecule has 0 bridgehead atoms. The average Bonchev–Trinajstić information content (AvgIpc) is 2.45. The zero-order valence-corrected chi connectivity index (χ0v) is 13.5. The first kappa shape index (κ1) is 17.4. The van der Waals surface area contributed by atoms with Crippen LogP contribution in [-0.4, -0.2) is 60.1 Å². The minimum atomic E-state index is 0.127. The summed E-state index contributed by atoms with van der Waals surface area (Å²) in [6, 6.07) is 0.417. The summed E-state index contributed by atoms with van der Waals surface area (Å²) < 4.78 is 0. The van der Waals surface area contributed by atoms with Crippen LogP contribution in [0.4, 0.5) is 0 Å². The Labute approximate surface area is 124 Å². The molecule has 0 aromatic carbocycles. The van der Waals surface area contributed by atoms with E-state index in [4.69, 9.17) is 5.11 Å². The smallest absolute Gasteiger partial charge is 0.236 e. The molecule has 1 rings (SSSR count). The Balaban J connectivity index is 2.41. The van der Waals surface area contributed by atoms with E-state index < -0.39 is 0 Å². The SMILES string of the molecule is CCCCN(CCO)CC(=O)N(C)C1CCC(C)CC1. The molecule has 0 saturated heterocycles. The fraction of sp³-hybridized carbons (Fsp3) is 0.938. The molecule has 0 radical (unpaired) electrons. The summed E-state index contributed by atoms with van der Waals surface area (Å²) in [5, 5.41) is 9.10. The Kier molecular flexibility index (Phi) is 8.15. The van der Waals surface area contributed by atoms with Crippen LogP contribution in [0.1, 0.15) is 52.4 Å². The van der Waals surface area contributed by atoms with Crippen LogP contribution in [0.15, 0.2) is 0 Å². The van der Waals surface area contributed by atoms with Gasteiger partial charge < -0.3 is 10.0 Å². The van der Waals surface area contributed by atoms with Crippen molar-refractivity contribution in [1.29, 1.82) is 0 Å². The highest BCUT2D eigenvalue weighted by molar-refractivity contribution is 5.78. The molecule has 1 saturated carbocycles. The molecule has 0 aromatic heterocycles. The van der Waals surface area contributed by atoms with Crippen molar-refractivity contribution in [1.82, 2.24) is 9.80 Å². The molecule has 0 aromatic rings. The van der Waals surface area contributed by atoms with Gasteiger partial charge in [-0.2, -0.15) is 0 Å². The van der Waals surface area contributed by atoms with E-state index in [0.29, 0.717) is 19.1 Å². The first-order valence-electron chi connectivity index (χ1n) is 8.17. The number of rotatable bonds is 8. The van der Waals surface area contributed by atoms with E-state index in [1.165, 1.54) is 12.8 Å². The molecule has 1 amide bonds. The average molecular weight is 284 g/mol. The maximum atomic E-state index is 12.4. The van der Waals surface area contributed by atoms with Crippen molar-refractivity contribution in [2.45, 2.75) is 58.4 Å². The lowest BCUT2D eigenvalue weighted by atomic mass is 9.87. The fourth-order valence-corrected chi connectivity index (χ4v) is 2.93. The lowest BCUT2D eigenvalue weighted by Gasteiger charge is -2.35. The third-order valence-corrected chi connectivity index (χ3v) is 4.53. The monoisotopic (exact) mass is 284 g/mol. The highest BCUT2D eigenvalue weighted by atomic mass is 16.3. The Morgan fingerprint density at radius 2 is 1.85 bits per heavy atom. The molecular formula is C16H32N2O2. The number of amides is 1. The van der Waals surface area contributed by atoms with Gasteiger partial charge in [0, 0.05) is 19.6 Å². The van der Waals surface area contributed by atoms with E-state index in [0.717, 1.165) is 38.1 Å². The van der Waals surface area contributed by atoms with E-state index >= 15 is 0 Å². The third kappa shape index (κ3) is 5.80. The van der Waals surface area contributed by atoms with Crippen LogP contribution in [0.5, 0.6) is 0 Å². The van der Waals surface area contributed by atoms with Crippen LogP contribution in [0.2, 0.25) is 0 Å². The minimum absolute atomic E-state index is 0.127. The third-order valence-electron chi connectivity index (χ3n) is 4.53. The molecule has 20 heavy (non-hydrogen) atoms. The van der Waals surface area contributed by atoms with Crippen molar-refractivity contribution in [2.75, 3.05) is 33.3 Å². The molecule has 1 fully saturated rings. The zero-order chi connectivity index (χ0) is 15.0. The molecule has 4 nitrogen and oxygen atoms in total. The zero-order valence-electron chi connectivity index (χ0n) is 13.5. The van der Waals surface area contributed by atoms with Crippen LogP contribution < -0.4 is 0 Å². The van der Waals surface area contributed by atoms with E-state index in [1.807, 2.05) is 11.9 Å². The largest absolute Gasteiger partial charge is 0.395 e. The molecule has 0 unspecified atom stereocenters. The van der Waals surface area contributed by atoms with Gasteiger partial charge in [0.1, 0.15) is 0 Å². The van der Waals surface area contributed by atoms with E-state index in [9.17, 15) is 4.79 Å². The molecule has 1 aliphatic rings. The molecule has 0 spiro atoms. The summed E-state index contributed by atoms with van der Waals surface area (Å²) in [6.45, 7) is 6.52. The van der Waals surface area contributed by atoms with Crippen LogP contribution in [-0.2, 0) is 4.79 Å². The summed E-state index contributed by atoms with van der Waals surface area (Å²) in [4.78, 5) is 16.4. The Morgan fingerprint density at radius 3 is 2.40 bits per heavy atom. The molecule has 1 N–H and O–H groups in total. The van der Waals surface area contributed by atoms with Gasteiger partial charge in [-0.05, 0) is 44.6 Å². The summed E-state index contributed by atoms with van der Waals surface area (Å²) in [5.41, 5.74) is 0. The lowest BCUT2D eigenvalue weighted by molar-refractivity contribution is -0.134. The molecule has 118 valence electrons. The van der Waals surface area contributed by atoms with Gasteiger partial charge in [-0.15, -0.1) is 0 Å². The number of nitrogens with zero attached hydrogens (tertiary/aromatic N) is 2. The fourth-order valence-electron chi connectivity index (χ4n) is 2.93. The quantitative estimate of drug-likeness (QED) is 0.742. The van der Waals surface area contributed by atoms with Gasteiger partial charge in [-0.1, -0.05) is 20.3 Å². The normalized spacial score (nSPS) is 23.1. The van der Waals surface area contributed by atoms with Gasteiger partial charge in [0.15, 0.2) is 0 Å². The number of likely N-dealkylation sites (N-methyl/N-ethyl adjacent to an activating group) is 1. The van der Waals surface area contributed by atoms with Gasteiger partial charge in [-0.3, -0.25) is 9.69 Å². The number of carbonyl (C=O) groups excluding carboxylic acids is 1. The second-order valence-corrected chi connectivity index (χ2v) is 6.27. The molecule has 0 heterocycles. The van der Waals surface area contributed by atoms with Crippen molar-refractivity contribution in [3.63, 3.8) is 0 Å². The van der Waals surface area contributed by atoms with E-state index in [2.05, 4.69) is 18.7 Å². The number of hydrogen-bond acceptors (Lipinski definition) is 3. The standard InChI is InChI=1S/C16H32N2O2/c1-4-5-10-18(11-12-19)13-16(20)17(3)15-8-6-14(2)7-9-15/h14-15,19H,4-13H2,1-3H3. The highest BCUT2D eigenvalue weighted by Gasteiger charge is 2.25. The van der Waals surface area contributed by atoms with Crippen molar-refractivity contribution in [3.8, 4) is 0 Å². The van der Waals surface area contributed by atoms with Gasteiger partial charge in [0.2, 0.25) is 5.91 Å². The van der Waals surface area contributed by atoms with Crippen LogP contribution in [0, 0.1) is 5.92 Å². The van der Waals surface area contributed by atoms with Crippen molar-refractivity contribution in [3.05, 3.63) is 0 Å². The molecule has 0 aliphatic heterocycles. The number of carbonyl (C=O) groups is 1. The van der Waals surface area contributed by atoms with E-state index in [-0.39, 0.29) is 12.5 Å². The maximum Gasteiger partial charge on any atom is 0.236 e. The van der Waals surface area contributed by atoms with Gasteiger partial charge in [0.25, 0.3) is 0 Å². The first-order chi connectivity index (χ1) is 9.58. The Bertz CT molecular complexity index is 276. The molecule has 4 heteroatoms. The first-order valence-corrected chi connectivity index (χ1v) is 8.17. The minimum Gasteiger partial charge on any atom is -0.395 e. The predicted molar refractivity (Wildman–Crippen MR) is 82.6 cm³/mol. The van der Waals surface area contributed by atoms with Crippen molar-refractivity contribution >= 4 is 5.91 Å². The molecular weight excluding hydrogens is 252 g/mol. The second-order valence-electron chi connectivity index (χ2n) is 6.27.